The number of carbonyl (C=O) groups excluding carboxylic acids is 1. The second-order valence-electron chi connectivity index (χ2n) is 2.10. The zero-order valence-electron chi connectivity index (χ0n) is 5.83. The first-order valence-electron chi connectivity index (χ1n) is 3.18. The highest BCUT2D eigenvalue weighted by Gasteiger charge is 1.97. The van der Waals surface area contributed by atoms with E-state index in [1.165, 1.54) is 0 Å². The van der Waals surface area contributed by atoms with Crippen LogP contribution >= 0.6 is 11.8 Å². The molecule has 0 saturated heterocycles. The second kappa shape index (κ2) is 3.98. The van der Waals surface area contributed by atoms with Crippen molar-refractivity contribution >= 4 is 18.2 Å². The van der Waals surface area contributed by atoms with Gasteiger partial charge in [0.15, 0.2) is 0 Å². The predicted octanol–water partition coefficient (Wildman–Crippen LogP) is 1.71. The van der Waals surface area contributed by atoms with Crippen LogP contribution in [0, 0.1) is 0 Å². The molecule has 1 rings (SSSR count). The van der Waals surface area contributed by atoms with Gasteiger partial charge in [-0.25, -0.2) is 4.42 Å². The second-order valence-corrected chi connectivity index (χ2v) is 2.51. The van der Waals surface area contributed by atoms with E-state index < -0.39 is 0 Å². The van der Waals surface area contributed by atoms with E-state index in [9.17, 15) is 4.79 Å². The molecule has 0 aliphatic carbocycles. The first-order chi connectivity index (χ1) is 5.33. The average Bonchev–Trinajstić information content (AvgIpc) is 2.06. The highest BCUT2D eigenvalue weighted by Crippen LogP contribution is 2.03. The summed E-state index contributed by atoms with van der Waals surface area (Å²) in [5.74, 6) is 0. The molecule has 0 aliphatic heterocycles. The van der Waals surface area contributed by atoms with Gasteiger partial charge >= 0.3 is 6.41 Å². The van der Waals surface area contributed by atoms with Crippen LogP contribution in [0.15, 0.2) is 30.3 Å². The van der Waals surface area contributed by atoms with Crippen LogP contribution in [0.25, 0.3) is 0 Å². The van der Waals surface area contributed by atoms with Crippen LogP contribution in [0.2, 0.25) is 0 Å². The third-order valence-corrected chi connectivity index (χ3v) is 1.45. The van der Waals surface area contributed by atoms with Crippen molar-refractivity contribution in [1.82, 2.24) is 4.42 Å². The third kappa shape index (κ3) is 2.60. The van der Waals surface area contributed by atoms with E-state index >= 15 is 0 Å². The Labute approximate surface area is 70.5 Å². The predicted molar refractivity (Wildman–Crippen MR) is 43.5 cm³/mol. The van der Waals surface area contributed by atoms with Crippen molar-refractivity contribution in [2.45, 2.75) is 6.54 Å². The van der Waals surface area contributed by atoms with Crippen molar-refractivity contribution in [3.05, 3.63) is 35.9 Å². The van der Waals surface area contributed by atoms with Gasteiger partial charge in [-0.2, -0.15) is 0 Å². The van der Waals surface area contributed by atoms with E-state index in [0.29, 0.717) is 6.54 Å². The van der Waals surface area contributed by atoms with Crippen LogP contribution in [0.5, 0.6) is 0 Å². The molecule has 1 aromatic rings. The molecule has 1 aromatic carbocycles. The van der Waals surface area contributed by atoms with E-state index in [1.807, 2.05) is 30.3 Å². The minimum Gasteiger partial charge on any atom is -0.262 e. The maximum absolute atomic E-state index is 9.98. The molecule has 0 aliphatic rings. The van der Waals surface area contributed by atoms with Crippen molar-refractivity contribution in [2.75, 3.05) is 0 Å². The van der Waals surface area contributed by atoms with Crippen LogP contribution in [0.4, 0.5) is 0 Å². The van der Waals surface area contributed by atoms with Crippen molar-refractivity contribution in [2.24, 2.45) is 0 Å². The summed E-state index contributed by atoms with van der Waals surface area (Å²) in [7, 11) is 0. The standard InChI is InChI=1S/C8H7ClNO/c9-10(7-11)6-8-4-2-1-3-5-8/h1-5H,6H2. The summed E-state index contributed by atoms with van der Waals surface area (Å²) in [5.41, 5.74) is 0.992. The minimum absolute atomic E-state index is 0.395. The Balaban J connectivity index is 2.57. The number of rotatable bonds is 3. The summed E-state index contributed by atoms with van der Waals surface area (Å²) < 4.78 is 0.954. The number of benzene rings is 1. The molecule has 2 nitrogen and oxygen atoms in total. The van der Waals surface area contributed by atoms with E-state index in [1.54, 1.807) is 6.41 Å². The summed E-state index contributed by atoms with van der Waals surface area (Å²) in [5, 5.41) is 0. The zero-order valence-corrected chi connectivity index (χ0v) is 6.58. The fourth-order valence-electron chi connectivity index (χ4n) is 0.776. The molecule has 57 valence electrons. The molecular weight excluding hydrogens is 162 g/mol. The maximum Gasteiger partial charge on any atom is 0.328 e. The number of hydrogen-bond donors (Lipinski definition) is 0. The Morgan fingerprint density at radius 1 is 1.36 bits per heavy atom. The van der Waals surface area contributed by atoms with Gasteiger partial charge in [-0.05, 0) is 5.56 Å². The molecule has 1 amide bonds. The molecule has 0 bridgehead atoms. The molecule has 0 heterocycles. The summed E-state index contributed by atoms with van der Waals surface area (Å²) >= 11 is 5.41. The van der Waals surface area contributed by atoms with Gasteiger partial charge in [0.05, 0.1) is 6.54 Å². The first-order valence-corrected chi connectivity index (χ1v) is 3.52. The number of hydrogen-bond acceptors (Lipinski definition) is 1. The SMILES string of the molecule is O=[C]N(Cl)Cc1ccccc1. The Morgan fingerprint density at radius 2 is 2.00 bits per heavy atom. The number of nitrogens with zero attached hydrogens (tertiary/aromatic N) is 1. The van der Waals surface area contributed by atoms with Crippen LogP contribution in [0.3, 0.4) is 0 Å². The highest BCUT2D eigenvalue weighted by molar-refractivity contribution is 6.18. The number of amides is 1. The molecule has 0 atom stereocenters. The zero-order chi connectivity index (χ0) is 8.10. The molecule has 0 saturated carbocycles. The third-order valence-electron chi connectivity index (χ3n) is 1.26. The maximum atomic E-state index is 9.98. The van der Waals surface area contributed by atoms with Crippen molar-refractivity contribution < 1.29 is 4.79 Å². The Bertz CT molecular complexity index is 225. The van der Waals surface area contributed by atoms with Gasteiger partial charge in [0.1, 0.15) is 0 Å². The number of halogens is 1. The lowest BCUT2D eigenvalue weighted by molar-refractivity contribution is 0.496. The van der Waals surface area contributed by atoms with Crippen LogP contribution < -0.4 is 0 Å². The van der Waals surface area contributed by atoms with Gasteiger partial charge in [-0.3, -0.25) is 4.79 Å². The van der Waals surface area contributed by atoms with Gasteiger partial charge in [-0.15, -0.1) is 0 Å². The van der Waals surface area contributed by atoms with Crippen LogP contribution in [-0.4, -0.2) is 10.8 Å². The minimum atomic E-state index is 0.395. The van der Waals surface area contributed by atoms with E-state index in [-0.39, 0.29) is 0 Å². The molecule has 1 radical (unpaired) electrons. The molecule has 11 heavy (non-hydrogen) atoms. The summed E-state index contributed by atoms with van der Waals surface area (Å²) in [4.78, 5) is 9.98. The lowest BCUT2D eigenvalue weighted by Gasteiger charge is -2.04. The topological polar surface area (TPSA) is 20.3 Å². The van der Waals surface area contributed by atoms with Crippen LogP contribution in [0.1, 0.15) is 5.56 Å². The smallest absolute Gasteiger partial charge is 0.262 e. The summed E-state index contributed by atoms with van der Waals surface area (Å²) in [6, 6.07) is 9.49. The van der Waals surface area contributed by atoms with Crippen LogP contribution in [-0.2, 0) is 11.3 Å². The van der Waals surface area contributed by atoms with Crippen molar-refractivity contribution in [1.29, 1.82) is 0 Å². The quantitative estimate of drug-likeness (QED) is 0.497. The van der Waals surface area contributed by atoms with E-state index in [0.717, 1.165) is 9.98 Å². The molecular formula is C8H7ClNO. The average molecular weight is 169 g/mol. The molecule has 0 unspecified atom stereocenters. The Hall–Kier alpha value is -1.02. The lowest BCUT2D eigenvalue weighted by Crippen LogP contribution is -2.07. The first kappa shape index (κ1) is 8.08. The van der Waals surface area contributed by atoms with Gasteiger partial charge < -0.3 is 0 Å². The lowest BCUT2D eigenvalue weighted by atomic mass is 10.2. The Morgan fingerprint density at radius 3 is 2.55 bits per heavy atom. The van der Waals surface area contributed by atoms with Gasteiger partial charge in [0.25, 0.3) is 0 Å². The highest BCUT2D eigenvalue weighted by atomic mass is 35.5. The van der Waals surface area contributed by atoms with Crippen molar-refractivity contribution in [3.63, 3.8) is 0 Å². The van der Waals surface area contributed by atoms with E-state index in [4.69, 9.17) is 11.8 Å². The van der Waals surface area contributed by atoms with Gasteiger partial charge in [0, 0.05) is 11.8 Å². The fraction of sp³-hybridized carbons (Fsp3) is 0.125. The molecule has 0 spiro atoms. The normalized spacial score (nSPS) is 9.18. The Kier molecular flexibility index (Phi) is 2.93. The molecule has 0 N–H and O–H groups in total. The molecule has 3 heteroatoms. The van der Waals surface area contributed by atoms with Crippen molar-refractivity contribution in [3.8, 4) is 0 Å². The molecule has 0 fully saturated rings. The summed E-state index contributed by atoms with van der Waals surface area (Å²) in [6.45, 7) is 0.395. The fourth-order valence-corrected chi connectivity index (χ4v) is 0.914. The summed E-state index contributed by atoms with van der Waals surface area (Å²) in [6.07, 6.45) is 1.56. The molecule has 0 aromatic heterocycles. The monoisotopic (exact) mass is 168 g/mol. The largest absolute Gasteiger partial charge is 0.328 e. The van der Waals surface area contributed by atoms with Gasteiger partial charge in [-0.1, -0.05) is 30.3 Å². The van der Waals surface area contributed by atoms with E-state index in [2.05, 4.69) is 0 Å². The van der Waals surface area contributed by atoms with Gasteiger partial charge in [0.2, 0.25) is 0 Å².